The van der Waals surface area contributed by atoms with Crippen molar-refractivity contribution in [3.05, 3.63) is 115 Å². The van der Waals surface area contributed by atoms with Crippen LogP contribution in [0.25, 0.3) is 10.2 Å². The molecule has 4 aromatic carbocycles. The lowest BCUT2D eigenvalue weighted by Gasteiger charge is -2.25. The zero-order chi connectivity index (χ0) is 60.6. The number of thiazole rings is 1. The van der Waals surface area contributed by atoms with Crippen LogP contribution in [0, 0.1) is 30.6 Å². The van der Waals surface area contributed by atoms with Gasteiger partial charge in [0.1, 0.15) is 28.7 Å². The Balaban J connectivity index is 0.000000325. The van der Waals surface area contributed by atoms with Gasteiger partial charge in [0.15, 0.2) is 0 Å². The molecule has 2 aliphatic carbocycles. The van der Waals surface area contributed by atoms with E-state index >= 15 is 0 Å². The molecule has 458 valence electrons. The zero-order valence-corrected chi connectivity index (χ0v) is 50.8. The third kappa shape index (κ3) is 23.8. The van der Waals surface area contributed by atoms with Crippen LogP contribution in [0.1, 0.15) is 153 Å². The molecule has 2 saturated carbocycles. The van der Waals surface area contributed by atoms with Crippen molar-refractivity contribution in [2.24, 2.45) is 28.8 Å². The lowest BCUT2D eigenvalue weighted by molar-refractivity contribution is -0.149. The molecule has 0 atom stereocenters. The minimum atomic E-state index is -0.393. The van der Waals surface area contributed by atoms with Crippen molar-refractivity contribution < 1.29 is 66.7 Å². The van der Waals surface area contributed by atoms with Gasteiger partial charge < -0.3 is 37.9 Å². The quantitative estimate of drug-likeness (QED) is 0.00747. The number of aromatic nitrogens is 1. The minimum absolute atomic E-state index is 0.107. The van der Waals surface area contributed by atoms with Crippen molar-refractivity contribution in [3.8, 4) is 28.7 Å². The molecular formula is C67H85N3O14S. The van der Waals surface area contributed by atoms with E-state index in [1.807, 2.05) is 54.5 Å². The maximum atomic E-state index is 13.2. The number of unbranched alkanes of at least 4 members (excludes halogenated alkanes) is 9. The molecule has 2 fully saturated rings. The number of methoxy groups -OCH3 is 1. The molecule has 85 heavy (non-hydrogen) atoms. The van der Waals surface area contributed by atoms with Crippen molar-refractivity contribution in [2.75, 3.05) is 45.1 Å². The number of rotatable bonds is 32. The Hall–Kier alpha value is -7.60. The number of ether oxygens (including phenoxy) is 8. The number of esters is 6. The molecule has 7 rings (SSSR count). The highest BCUT2D eigenvalue weighted by Gasteiger charge is 2.33. The van der Waals surface area contributed by atoms with Crippen molar-refractivity contribution >= 4 is 68.7 Å². The Bertz CT molecular complexity index is 2880. The summed E-state index contributed by atoms with van der Waals surface area (Å²) in [5, 5.41) is 7.71. The van der Waals surface area contributed by atoms with Crippen molar-refractivity contribution in [3.63, 3.8) is 0 Å². The second-order valence-electron chi connectivity index (χ2n) is 21.5. The largest absolute Gasteiger partial charge is 0.494 e. The first-order chi connectivity index (χ1) is 41.3. The smallest absolute Gasteiger partial charge is 0.330 e. The molecule has 0 aliphatic heterocycles. The first-order valence-corrected chi connectivity index (χ1v) is 31.0. The fraction of sp³-hybridized carbons (Fsp3) is 0.493. The number of hydrogen-bond donors (Lipinski definition) is 0. The lowest BCUT2D eigenvalue weighted by Crippen LogP contribution is -2.30. The minimum Gasteiger partial charge on any atom is -0.494 e. The van der Waals surface area contributed by atoms with Gasteiger partial charge in [-0.25, -0.2) is 14.8 Å². The summed E-state index contributed by atoms with van der Waals surface area (Å²) >= 11 is 1.63. The number of anilines is 1. The number of carbonyl (C=O) groups is 6. The molecule has 5 aromatic rings. The standard InChI is InChI=1S/C44H53N3O7S.C23H32O7/c1-4-6-7-12-27-47(44-46-39-15-10-11-16-40(39)55-44)45-31-35-30-38(22-17-32(35)3)54-43(50)34-20-18-33(19-21-34)42(49)53-37-25-23-36(24-26-37)51-28-13-8-9-14-29-52-41(48)5-2;1-17(24)28-15-5-3-4-6-16-29-20-11-13-21(14-12-20)30-23(26)19-9-7-18(8-10-19)22(25)27-2/h5,10-11,15-17,22-26,30-31,33-34H,2,4,6-9,12-14,18-21,27-29H2,1,3H3;11-14,18-19H,3-10,15-16H2,1-2H3/b45-31+;. The summed E-state index contributed by atoms with van der Waals surface area (Å²) in [7, 11) is 1.39. The van der Waals surface area contributed by atoms with Gasteiger partial charge in [-0.1, -0.05) is 62.3 Å². The van der Waals surface area contributed by atoms with Crippen molar-refractivity contribution in [2.45, 2.75) is 149 Å². The molecule has 0 bridgehead atoms. The first kappa shape index (κ1) is 66.5. The fourth-order valence-corrected chi connectivity index (χ4v) is 10.8. The second kappa shape index (κ2) is 37.0. The molecule has 0 radical (unpaired) electrons. The van der Waals surface area contributed by atoms with E-state index in [9.17, 15) is 28.8 Å². The molecule has 1 heterocycles. The SMILES string of the molecule is C=CC(=O)OCCCCCCOc1ccc(OC(=O)C2CCC(C(=O)Oc3ccc(C)c(/C=N/N(CCCCCC)c4nc5ccccc5s4)c3)CC2)cc1.COC(=O)C1CCC(C(=O)Oc2ccc(OCCCCCCOC(C)=O)cc2)CC1. The highest BCUT2D eigenvalue weighted by molar-refractivity contribution is 7.22. The summed E-state index contributed by atoms with van der Waals surface area (Å²) < 4.78 is 44.3. The van der Waals surface area contributed by atoms with Crippen molar-refractivity contribution in [1.29, 1.82) is 0 Å². The van der Waals surface area contributed by atoms with Crippen LogP contribution < -0.4 is 28.7 Å². The Morgan fingerprint density at radius 3 is 1.53 bits per heavy atom. The van der Waals surface area contributed by atoms with E-state index in [0.29, 0.717) is 101 Å². The van der Waals surface area contributed by atoms with E-state index in [1.54, 1.807) is 59.9 Å². The molecule has 17 nitrogen and oxygen atoms in total. The number of fused-ring (bicyclic) bond motifs is 1. The summed E-state index contributed by atoms with van der Waals surface area (Å²) in [5.41, 5.74) is 2.86. The number of carbonyl (C=O) groups excluding carboxylic acids is 6. The summed E-state index contributed by atoms with van der Waals surface area (Å²) in [6, 6.07) is 27.8. The Labute approximate surface area is 504 Å². The van der Waals surface area contributed by atoms with Gasteiger partial charge in [0.2, 0.25) is 5.13 Å². The first-order valence-electron chi connectivity index (χ1n) is 30.2. The summed E-state index contributed by atoms with van der Waals surface area (Å²) in [6.45, 7) is 11.8. The molecule has 0 N–H and O–H groups in total. The molecular weight excluding hydrogens is 1100 g/mol. The van der Waals surface area contributed by atoms with Gasteiger partial charge in [-0.05, 0) is 194 Å². The number of benzene rings is 4. The van der Waals surface area contributed by atoms with E-state index in [0.717, 1.165) is 103 Å². The van der Waals surface area contributed by atoms with Crippen molar-refractivity contribution in [1.82, 2.24) is 4.98 Å². The Morgan fingerprint density at radius 1 is 0.576 bits per heavy atom. The van der Waals surface area contributed by atoms with Gasteiger partial charge in [-0.2, -0.15) is 5.10 Å². The van der Waals surface area contributed by atoms with Gasteiger partial charge in [0.25, 0.3) is 0 Å². The molecule has 0 unspecified atom stereocenters. The predicted octanol–water partition coefficient (Wildman–Crippen LogP) is 14.1. The number of hydrogen-bond acceptors (Lipinski definition) is 18. The van der Waals surface area contributed by atoms with Gasteiger partial charge in [-0.3, -0.25) is 24.0 Å². The number of nitrogens with zero attached hydrogens (tertiary/aromatic N) is 3. The zero-order valence-electron chi connectivity index (χ0n) is 50.0. The van der Waals surface area contributed by atoms with Crippen LogP contribution >= 0.6 is 11.3 Å². The second-order valence-corrected chi connectivity index (χ2v) is 22.5. The Kier molecular flexibility index (Phi) is 28.9. The third-order valence-corrected chi connectivity index (χ3v) is 16.0. The summed E-state index contributed by atoms with van der Waals surface area (Å²) in [6.07, 6.45) is 19.7. The highest BCUT2D eigenvalue weighted by Crippen LogP contribution is 2.34. The average Bonchev–Trinajstić information content (AvgIpc) is 4.24. The third-order valence-electron chi connectivity index (χ3n) is 14.9. The van der Waals surface area contributed by atoms with Crippen LogP contribution in [0.2, 0.25) is 0 Å². The van der Waals surface area contributed by atoms with Gasteiger partial charge in [-0.15, -0.1) is 0 Å². The van der Waals surface area contributed by atoms with Crippen LogP contribution in [-0.2, 0) is 43.0 Å². The topological polar surface area (TPSA) is 205 Å². The molecule has 0 amide bonds. The van der Waals surface area contributed by atoms with Crippen LogP contribution in [0.5, 0.6) is 28.7 Å². The van der Waals surface area contributed by atoms with Crippen LogP contribution in [-0.4, -0.2) is 87.1 Å². The maximum absolute atomic E-state index is 13.2. The highest BCUT2D eigenvalue weighted by atomic mass is 32.1. The summed E-state index contributed by atoms with van der Waals surface area (Å²) in [5.74, 6) is 0.380. The van der Waals surface area contributed by atoms with Gasteiger partial charge in [0.05, 0.1) is 73.6 Å². The maximum Gasteiger partial charge on any atom is 0.330 e. The van der Waals surface area contributed by atoms with Gasteiger partial charge >= 0.3 is 35.8 Å². The monoisotopic (exact) mass is 1190 g/mol. The molecule has 2 aliphatic rings. The number of hydrazone groups is 1. The number of para-hydroxylation sites is 1. The van der Waals surface area contributed by atoms with E-state index < -0.39 is 5.97 Å². The van der Waals surface area contributed by atoms with Crippen LogP contribution in [0.4, 0.5) is 5.13 Å². The predicted molar refractivity (Wildman–Crippen MR) is 328 cm³/mol. The van der Waals surface area contributed by atoms with E-state index in [1.165, 1.54) is 33.0 Å². The molecule has 18 heteroatoms. The van der Waals surface area contributed by atoms with Gasteiger partial charge in [0, 0.05) is 25.1 Å². The van der Waals surface area contributed by atoms with E-state index in [-0.39, 0.29) is 53.5 Å². The fourth-order valence-electron chi connectivity index (χ4n) is 9.86. The summed E-state index contributed by atoms with van der Waals surface area (Å²) in [4.78, 5) is 76.7. The average molecular weight is 1190 g/mol. The van der Waals surface area contributed by atoms with Crippen LogP contribution in [0.3, 0.4) is 0 Å². The normalized spacial score (nSPS) is 16.5. The molecule has 1 aromatic heterocycles. The Morgan fingerprint density at radius 2 is 1.04 bits per heavy atom. The lowest BCUT2D eigenvalue weighted by atomic mass is 9.82. The van der Waals surface area contributed by atoms with E-state index in [4.69, 9.17) is 48.0 Å². The number of aryl methyl sites for hydroxylation is 1. The molecule has 0 saturated heterocycles. The van der Waals surface area contributed by atoms with Crippen LogP contribution in [0.15, 0.2) is 109 Å². The van der Waals surface area contributed by atoms with E-state index in [2.05, 4.69) is 19.6 Å². The molecule has 0 spiro atoms.